The molecule has 1 aromatic carbocycles. The molecule has 0 aromatic heterocycles. The summed E-state index contributed by atoms with van der Waals surface area (Å²) in [5.41, 5.74) is 0.843. The number of carbonyl (C=O) groups excluding carboxylic acids is 1. The summed E-state index contributed by atoms with van der Waals surface area (Å²) in [7, 11) is 0. The van der Waals surface area contributed by atoms with Crippen LogP contribution in [0.5, 0.6) is 0 Å². The fraction of sp³-hybridized carbons (Fsp3) is 0.588. The van der Waals surface area contributed by atoms with Crippen LogP contribution in [0, 0.1) is 11.3 Å². The maximum absolute atomic E-state index is 11.6. The van der Waals surface area contributed by atoms with Crippen molar-refractivity contribution in [2.75, 3.05) is 6.61 Å². The Morgan fingerprint density at radius 3 is 2.52 bits per heavy atom. The van der Waals surface area contributed by atoms with Gasteiger partial charge in [-0.1, -0.05) is 44.2 Å². The van der Waals surface area contributed by atoms with Gasteiger partial charge < -0.3 is 14.6 Å². The molecule has 1 fully saturated rings. The van der Waals surface area contributed by atoms with Crippen molar-refractivity contribution in [1.82, 2.24) is 0 Å². The van der Waals surface area contributed by atoms with Crippen LogP contribution in [0.4, 0.5) is 0 Å². The van der Waals surface area contributed by atoms with E-state index in [4.69, 9.17) is 9.47 Å². The number of aliphatic hydroxyl groups excluding tert-OH is 1. The number of aliphatic hydroxyl groups is 1. The third kappa shape index (κ3) is 3.44. The smallest absolute Gasteiger partial charge is 0.306 e. The van der Waals surface area contributed by atoms with Gasteiger partial charge in [0.2, 0.25) is 0 Å². The van der Waals surface area contributed by atoms with Gasteiger partial charge in [0.25, 0.3) is 0 Å². The molecular weight excluding hydrogens is 268 g/mol. The highest BCUT2D eigenvalue weighted by molar-refractivity contribution is 5.70. The minimum atomic E-state index is -0.617. The molecule has 4 heteroatoms. The largest absolute Gasteiger partial charge is 0.466 e. The molecule has 0 bridgehead atoms. The second kappa shape index (κ2) is 6.58. The molecule has 0 aliphatic heterocycles. The molecular formula is C17H24O4. The molecule has 2 rings (SSSR count). The molecule has 0 unspecified atom stereocenters. The van der Waals surface area contributed by atoms with E-state index < -0.39 is 6.10 Å². The number of ether oxygens (including phenoxy) is 2. The summed E-state index contributed by atoms with van der Waals surface area (Å²) < 4.78 is 10.8. The van der Waals surface area contributed by atoms with Crippen molar-refractivity contribution < 1.29 is 19.4 Å². The van der Waals surface area contributed by atoms with Crippen LogP contribution in [0.25, 0.3) is 0 Å². The summed E-state index contributed by atoms with van der Waals surface area (Å²) in [6, 6.07) is 9.87. The number of hydrogen-bond donors (Lipinski definition) is 1. The van der Waals surface area contributed by atoms with E-state index in [-0.39, 0.29) is 29.8 Å². The Morgan fingerprint density at radius 2 is 1.95 bits per heavy atom. The lowest BCUT2D eigenvalue weighted by molar-refractivity contribution is -0.232. The number of benzene rings is 1. The normalized spacial score (nSPS) is 27.0. The highest BCUT2D eigenvalue weighted by Crippen LogP contribution is 2.50. The molecule has 0 amide bonds. The molecule has 3 atom stereocenters. The van der Waals surface area contributed by atoms with Gasteiger partial charge in [-0.25, -0.2) is 0 Å². The van der Waals surface area contributed by atoms with E-state index in [0.717, 1.165) is 5.56 Å². The van der Waals surface area contributed by atoms with E-state index in [1.54, 1.807) is 6.92 Å². The number of esters is 1. The molecule has 4 nitrogen and oxygen atoms in total. The molecule has 21 heavy (non-hydrogen) atoms. The van der Waals surface area contributed by atoms with Gasteiger partial charge in [-0.2, -0.15) is 0 Å². The van der Waals surface area contributed by atoms with Gasteiger partial charge >= 0.3 is 5.97 Å². The summed E-state index contributed by atoms with van der Waals surface area (Å²) in [6.07, 6.45) is -0.627. The maximum atomic E-state index is 11.6. The van der Waals surface area contributed by atoms with E-state index in [2.05, 4.69) is 0 Å². The molecule has 116 valence electrons. The second-order valence-corrected chi connectivity index (χ2v) is 6.14. The SMILES string of the molecule is CCOC(=O)C[C@@H]1[C@@H](O)[C@H](OCc2ccccc2)C1(C)C. The second-order valence-electron chi connectivity index (χ2n) is 6.14. The first kappa shape index (κ1) is 16.0. The maximum Gasteiger partial charge on any atom is 0.306 e. The Kier molecular flexibility index (Phi) is 5.01. The van der Waals surface area contributed by atoms with Gasteiger partial charge in [0, 0.05) is 5.92 Å². The Hall–Kier alpha value is -1.39. The predicted molar refractivity (Wildman–Crippen MR) is 79.5 cm³/mol. The molecule has 1 N–H and O–H groups in total. The molecule has 0 saturated heterocycles. The van der Waals surface area contributed by atoms with Crippen molar-refractivity contribution in [3.05, 3.63) is 35.9 Å². The summed E-state index contributed by atoms with van der Waals surface area (Å²) in [5, 5.41) is 10.3. The van der Waals surface area contributed by atoms with E-state index in [0.29, 0.717) is 13.2 Å². The Bertz CT molecular complexity index is 469. The van der Waals surface area contributed by atoms with Crippen LogP contribution < -0.4 is 0 Å². The van der Waals surface area contributed by atoms with Crippen LogP contribution in [0.2, 0.25) is 0 Å². The molecule has 0 spiro atoms. The van der Waals surface area contributed by atoms with Crippen molar-refractivity contribution in [3.8, 4) is 0 Å². The van der Waals surface area contributed by atoms with Crippen molar-refractivity contribution >= 4 is 5.97 Å². The van der Waals surface area contributed by atoms with E-state index in [1.165, 1.54) is 0 Å². The average Bonchev–Trinajstić information content (AvgIpc) is 2.46. The fourth-order valence-electron chi connectivity index (χ4n) is 3.04. The van der Waals surface area contributed by atoms with Gasteiger partial charge in [0.1, 0.15) is 0 Å². The summed E-state index contributed by atoms with van der Waals surface area (Å²) in [6.45, 7) is 6.68. The van der Waals surface area contributed by atoms with E-state index in [1.807, 2.05) is 44.2 Å². The number of hydrogen-bond acceptors (Lipinski definition) is 4. The van der Waals surface area contributed by atoms with Crippen molar-refractivity contribution in [2.45, 2.75) is 46.0 Å². The monoisotopic (exact) mass is 292 g/mol. The van der Waals surface area contributed by atoms with Crippen molar-refractivity contribution in [1.29, 1.82) is 0 Å². The van der Waals surface area contributed by atoms with Crippen LogP contribution in [0.15, 0.2) is 30.3 Å². The lowest BCUT2D eigenvalue weighted by Gasteiger charge is -2.55. The predicted octanol–water partition coefficient (Wildman–Crippen LogP) is 2.54. The van der Waals surface area contributed by atoms with Crippen LogP contribution in [0.1, 0.15) is 32.8 Å². The Balaban J connectivity index is 1.90. The minimum Gasteiger partial charge on any atom is -0.466 e. The Labute approximate surface area is 126 Å². The number of rotatable bonds is 6. The summed E-state index contributed by atoms with van der Waals surface area (Å²) in [5.74, 6) is -0.367. The zero-order valence-corrected chi connectivity index (χ0v) is 12.9. The van der Waals surface area contributed by atoms with E-state index in [9.17, 15) is 9.90 Å². The first-order chi connectivity index (χ1) is 9.96. The topological polar surface area (TPSA) is 55.8 Å². The summed E-state index contributed by atoms with van der Waals surface area (Å²) in [4.78, 5) is 11.6. The van der Waals surface area contributed by atoms with Crippen molar-refractivity contribution in [3.63, 3.8) is 0 Å². The zero-order chi connectivity index (χ0) is 15.5. The van der Waals surface area contributed by atoms with Gasteiger partial charge in [0.15, 0.2) is 0 Å². The first-order valence-corrected chi connectivity index (χ1v) is 7.46. The average molecular weight is 292 g/mol. The third-order valence-electron chi connectivity index (χ3n) is 4.38. The highest BCUT2D eigenvalue weighted by atomic mass is 16.5. The van der Waals surface area contributed by atoms with E-state index >= 15 is 0 Å². The standard InChI is InChI=1S/C17H24O4/c1-4-20-14(18)10-13-15(19)16(17(13,2)3)21-11-12-8-6-5-7-9-12/h5-9,13,15-16,19H,4,10-11H2,1-3H3/t13-,15-,16+/m1/s1. The molecule has 0 heterocycles. The lowest BCUT2D eigenvalue weighted by atomic mass is 9.56. The van der Waals surface area contributed by atoms with Gasteiger partial charge in [-0.05, 0) is 17.9 Å². The fourth-order valence-corrected chi connectivity index (χ4v) is 3.04. The van der Waals surface area contributed by atoms with Crippen LogP contribution in [-0.4, -0.2) is 29.9 Å². The van der Waals surface area contributed by atoms with Crippen LogP contribution in [0.3, 0.4) is 0 Å². The van der Waals surface area contributed by atoms with Gasteiger partial charge in [-0.3, -0.25) is 4.79 Å². The van der Waals surface area contributed by atoms with Gasteiger partial charge in [0.05, 0.1) is 31.8 Å². The van der Waals surface area contributed by atoms with Crippen LogP contribution >= 0.6 is 0 Å². The molecule has 1 aliphatic carbocycles. The van der Waals surface area contributed by atoms with Crippen molar-refractivity contribution in [2.24, 2.45) is 11.3 Å². The summed E-state index contributed by atoms with van der Waals surface area (Å²) >= 11 is 0. The molecule has 0 radical (unpaired) electrons. The lowest BCUT2D eigenvalue weighted by Crippen LogP contribution is -2.63. The molecule has 1 aromatic rings. The van der Waals surface area contributed by atoms with Gasteiger partial charge in [-0.15, -0.1) is 0 Å². The first-order valence-electron chi connectivity index (χ1n) is 7.46. The zero-order valence-electron chi connectivity index (χ0n) is 12.9. The minimum absolute atomic E-state index is 0.114. The molecule has 1 saturated carbocycles. The van der Waals surface area contributed by atoms with Crippen LogP contribution in [-0.2, 0) is 20.9 Å². The highest BCUT2D eigenvalue weighted by Gasteiger charge is 2.57. The third-order valence-corrected chi connectivity index (χ3v) is 4.38. The Morgan fingerprint density at radius 1 is 1.29 bits per heavy atom. The number of carbonyl (C=O) groups is 1. The quantitative estimate of drug-likeness (QED) is 0.819. The molecule has 1 aliphatic rings.